The fourth-order valence-electron chi connectivity index (χ4n) is 4.61. The number of aryl methyl sites for hydroxylation is 2. The fourth-order valence-corrected chi connectivity index (χ4v) is 5.50. The van der Waals surface area contributed by atoms with Gasteiger partial charge in [-0.15, -0.1) is 11.3 Å². The first-order valence-corrected chi connectivity index (χ1v) is 10.5. The van der Waals surface area contributed by atoms with Crippen LogP contribution in [0.1, 0.15) is 45.2 Å². The van der Waals surface area contributed by atoms with E-state index in [2.05, 4.69) is 9.88 Å². The molecule has 1 aromatic heterocycles. The third-order valence-corrected chi connectivity index (χ3v) is 6.94. The van der Waals surface area contributed by atoms with E-state index >= 15 is 0 Å². The van der Waals surface area contributed by atoms with Crippen LogP contribution < -0.4 is 0 Å². The Morgan fingerprint density at radius 1 is 1.19 bits per heavy atom. The van der Waals surface area contributed by atoms with E-state index in [1.54, 1.807) is 0 Å². The fraction of sp³-hybridized carbons (Fsp3) is 0.524. The molecule has 6 heteroatoms. The lowest BCUT2D eigenvalue weighted by Crippen LogP contribution is -2.45. The predicted octanol–water partition coefficient (Wildman–Crippen LogP) is 4.03. The van der Waals surface area contributed by atoms with Crippen LogP contribution in [0.2, 0.25) is 0 Å². The van der Waals surface area contributed by atoms with Gasteiger partial charge in [-0.3, -0.25) is 9.69 Å². The first-order valence-electron chi connectivity index (χ1n) is 9.64. The van der Waals surface area contributed by atoms with Crippen molar-refractivity contribution in [3.8, 4) is 0 Å². The molecule has 0 bridgehead atoms. The third-order valence-electron chi connectivity index (χ3n) is 5.88. The van der Waals surface area contributed by atoms with Gasteiger partial charge in [-0.25, -0.2) is 9.37 Å². The highest BCUT2D eigenvalue weighted by Gasteiger charge is 2.43. The lowest BCUT2D eigenvalue weighted by atomic mass is 9.79. The van der Waals surface area contributed by atoms with E-state index in [9.17, 15) is 9.18 Å². The van der Waals surface area contributed by atoms with Crippen molar-refractivity contribution in [3.05, 3.63) is 51.2 Å². The van der Waals surface area contributed by atoms with Crippen molar-refractivity contribution in [3.63, 3.8) is 0 Å². The number of carbonyl (C=O) groups excluding carboxylic acids is 1. The Labute approximate surface area is 164 Å². The van der Waals surface area contributed by atoms with Crippen LogP contribution in [0, 0.1) is 25.1 Å². The number of thiazole rings is 1. The second-order valence-corrected chi connectivity index (χ2v) is 9.27. The van der Waals surface area contributed by atoms with Gasteiger partial charge in [0, 0.05) is 31.6 Å². The van der Waals surface area contributed by atoms with Crippen molar-refractivity contribution in [1.29, 1.82) is 0 Å². The van der Waals surface area contributed by atoms with Crippen LogP contribution in [0.15, 0.2) is 24.3 Å². The monoisotopic (exact) mass is 387 g/mol. The summed E-state index contributed by atoms with van der Waals surface area (Å²) in [6.45, 7) is 8.47. The molecule has 2 aromatic rings. The number of rotatable bonds is 3. The summed E-state index contributed by atoms with van der Waals surface area (Å²) in [7, 11) is 0. The molecule has 0 saturated carbocycles. The normalized spacial score (nSPS) is 23.3. The molecule has 2 aliphatic rings. The van der Waals surface area contributed by atoms with Gasteiger partial charge in [0.2, 0.25) is 0 Å². The molecule has 0 radical (unpaired) electrons. The maximum Gasteiger partial charge on any atom is 0.265 e. The molecule has 0 aliphatic carbocycles. The molecule has 2 aliphatic heterocycles. The summed E-state index contributed by atoms with van der Waals surface area (Å²) in [5.74, 6) is -0.0435. The zero-order valence-corrected chi connectivity index (χ0v) is 16.8. The summed E-state index contributed by atoms with van der Waals surface area (Å²) in [6.07, 6.45) is 3.40. The molecule has 2 saturated heterocycles. The van der Waals surface area contributed by atoms with Gasteiger partial charge < -0.3 is 4.90 Å². The highest BCUT2D eigenvalue weighted by molar-refractivity contribution is 7.13. The van der Waals surface area contributed by atoms with Gasteiger partial charge in [0.1, 0.15) is 10.7 Å². The van der Waals surface area contributed by atoms with Crippen LogP contribution in [0.4, 0.5) is 4.39 Å². The maximum absolute atomic E-state index is 13.1. The second-order valence-electron chi connectivity index (χ2n) is 8.06. The van der Waals surface area contributed by atoms with E-state index in [1.165, 1.54) is 29.9 Å². The van der Waals surface area contributed by atoms with E-state index in [4.69, 9.17) is 0 Å². The van der Waals surface area contributed by atoms with Gasteiger partial charge >= 0.3 is 0 Å². The van der Waals surface area contributed by atoms with Gasteiger partial charge in [-0.1, -0.05) is 12.1 Å². The molecule has 27 heavy (non-hydrogen) atoms. The number of piperidine rings is 1. The number of halogens is 1. The summed E-state index contributed by atoms with van der Waals surface area (Å²) < 4.78 is 13.1. The standard InChI is InChI=1S/C21H26FN3OS/c1-15-19(27-16(2)23-15)20(26)25-11-9-21(14-25)8-3-10-24(13-21)12-17-4-6-18(22)7-5-17/h4-7H,3,8-14H2,1-2H3. The first kappa shape index (κ1) is 18.6. The summed E-state index contributed by atoms with van der Waals surface area (Å²) in [4.78, 5) is 22.7. The van der Waals surface area contributed by atoms with Crippen LogP contribution in [-0.2, 0) is 6.54 Å². The molecular weight excluding hydrogens is 361 g/mol. The number of aromatic nitrogens is 1. The zero-order chi connectivity index (χ0) is 19.0. The Morgan fingerprint density at radius 3 is 2.67 bits per heavy atom. The maximum atomic E-state index is 13.1. The topological polar surface area (TPSA) is 36.4 Å². The largest absolute Gasteiger partial charge is 0.337 e. The molecule has 3 heterocycles. The van der Waals surface area contributed by atoms with Crippen LogP contribution >= 0.6 is 11.3 Å². The molecule has 1 amide bonds. The molecule has 4 rings (SSSR count). The van der Waals surface area contributed by atoms with E-state index in [0.29, 0.717) is 0 Å². The molecule has 2 fully saturated rings. The van der Waals surface area contributed by atoms with Crippen molar-refractivity contribution in [2.75, 3.05) is 26.2 Å². The van der Waals surface area contributed by atoms with Gasteiger partial charge in [-0.05, 0) is 57.4 Å². The van der Waals surface area contributed by atoms with Crippen LogP contribution in [-0.4, -0.2) is 46.9 Å². The Bertz CT molecular complexity index is 834. The van der Waals surface area contributed by atoms with Crippen LogP contribution in [0.3, 0.4) is 0 Å². The number of hydrogen-bond donors (Lipinski definition) is 0. The summed E-state index contributed by atoms with van der Waals surface area (Å²) in [5, 5.41) is 0.952. The average molecular weight is 388 g/mol. The van der Waals surface area contributed by atoms with E-state index in [0.717, 1.165) is 66.7 Å². The van der Waals surface area contributed by atoms with Crippen LogP contribution in [0.5, 0.6) is 0 Å². The highest BCUT2D eigenvalue weighted by atomic mass is 32.1. The quantitative estimate of drug-likeness (QED) is 0.798. The first-order chi connectivity index (χ1) is 12.9. The van der Waals surface area contributed by atoms with Gasteiger partial charge in [0.05, 0.1) is 10.7 Å². The molecule has 1 aromatic carbocycles. The molecule has 1 unspecified atom stereocenters. The lowest BCUT2D eigenvalue weighted by Gasteiger charge is -2.40. The molecular formula is C21H26FN3OS. The van der Waals surface area contributed by atoms with E-state index in [-0.39, 0.29) is 17.1 Å². The molecule has 1 spiro atoms. The van der Waals surface area contributed by atoms with Gasteiger partial charge in [0.15, 0.2) is 0 Å². The summed E-state index contributed by atoms with van der Waals surface area (Å²) in [6, 6.07) is 6.81. The Balaban J connectivity index is 1.42. The highest BCUT2D eigenvalue weighted by Crippen LogP contribution is 2.40. The average Bonchev–Trinajstić information content (AvgIpc) is 3.19. The van der Waals surface area contributed by atoms with Crippen molar-refractivity contribution in [2.24, 2.45) is 5.41 Å². The Hall–Kier alpha value is -1.79. The minimum Gasteiger partial charge on any atom is -0.337 e. The van der Waals surface area contributed by atoms with Gasteiger partial charge in [0.25, 0.3) is 5.91 Å². The summed E-state index contributed by atoms with van der Waals surface area (Å²) in [5.41, 5.74) is 2.20. The molecule has 4 nitrogen and oxygen atoms in total. The second kappa shape index (κ2) is 7.32. The van der Waals surface area contributed by atoms with E-state index < -0.39 is 0 Å². The Morgan fingerprint density at radius 2 is 1.96 bits per heavy atom. The van der Waals surface area contributed by atoms with Crippen molar-refractivity contribution in [2.45, 2.75) is 39.7 Å². The van der Waals surface area contributed by atoms with Crippen molar-refractivity contribution >= 4 is 17.2 Å². The Kier molecular flexibility index (Phi) is 5.03. The SMILES string of the molecule is Cc1nc(C)c(C(=O)N2CCC3(CCCN(Cc4ccc(F)cc4)C3)C2)s1. The number of likely N-dealkylation sites (tertiary alicyclic amines) is 2. The molecule has 1 atom stereocenters. The number of amides is 1. The molecule has 0 N–H and O–H groups in total. The minimum absolute atomic E-state index is 0.144. The smallest absolute Gasteiger partial charge is 0.265 e. The number of benzene rings is 1. The lowest BCUT2D eigenvalue weighted by molar-refractivity contribution is 0.0678. The van der Waals surface area contributed by atoms with Gasteiger partial charge in [-0.2, -0.15) is 0 Å². The molecule has 144 valence electrons. The number of nitrogens with zero attached hydrogens (tertiary/aromatic N) is 3. The zero-order valence-electron chi connectivity index (χ0n) is 16.0. The third kappa shape index (κ3) is 3.92. The van der Waals surface area contributed by atoms with Crippen LogP contribution in [0.25, 0.3) is 0 Å². The van der Waals surface area contributed by atoms with Crippen molar-refractivity contribution in [1.82, 2.24) is 14.8 Å². The minimum atomic E-state index is -0.188. The summed E-state index contributed by atoms with van der Waals surface area (Å²) >= 11 is 1.50. The number of hydrogen-bond acceptors (Lipinski definition) is 4. The predicted molar refractivity (Wildman–Crippen MR) is 105 cm³/mol. The van der Waals surface area contributed by atoms with Crippen molar-refractivity contribution < 1.29 is 9.18 Å². The van der Waals surface area contributed by atoms with E-state index in [1.807, 2.05) is 30.9 Å². The number of carbonyl (C=O) groups is 1.